The van der Waals surface area contributed by atoms with Crippen LogP contribution in [0.4, 0.5) is 0 Å². The Bertz CT molecular complexity index is 943. The first-order chi connectivity index (χ1) is 11.3. The molecule has 1 N–H and O–H groups in total. The molecule has 3 heterocycles. The molecule has 112 valence electrons. The lowest BCUT2D eigenvalue weighted by Gasteiger charge is -2.36. The highest BCUT2D eigenvalue weighted by Crippen LogP contribution is 2.50. The van der Waals surface area contributed by atoms with Gasteiger partial charge in [0.1, 0.15) is 5.60 Å². The van der Waals surface area contributed by atoms with E-state index in [-0.39, 0.29) is 6.04 Å². The molecule has 0 amide bonds. The molecule has 0 radical (unpaired) electrons. The summed E-state index contributed by atoms with van der Waals surface area (Å²) in [5.74, 6) is 0. The van der Waals surface area contributed by atoms with Crippen molar-refractivity contribution >= 4 is 0 Å². The first-order valence-corrected chi connectivity index (χ1v) is 7.73. The van der Waals surface area contributed by atoms with Gasteiger partial charge in [-0.3, -0.25) is 4.98 Å². The smallest absolute Gasteiger partial charge is 0.134 e. The molecule has 1 aliphatic carbocycles. The van der Waals surface area contributed by atoms with Crippen LogP contribution in [0.2, 0.25) is 0 Å². The summed E-state index contributed by atoms with van der Waals surface area (Å²) < 4.78 is 2.07. The lowest BCUT2D eigenvalue weighted by atomic mass is 9.77. The number of benzene rings is 1. The second kappa shape index (κ2) is 4.40. The highest BCUT2D eigenvalue weighted by molar-refractivity contribution is 5.70. The van der Waals surface area contributed by atoms with Crippen LogP contribution < -0.4 is 0 Å². The topological polar surface area (TPSA) is 50.9 Å². The van der Waals surface area contributed by atoms with Crippen LogP contribution in [0.25, 0.3) is 11.3 Å². The Balaban J connectivity index is 1.80. The molecule has 2 aliphatic rings. The molecule has 1 aliphatic heterocycles. The maximum Gasteiger partial charge on any atom is 0.134 e. The minimum absolute atomic E-state index is 0.226. The highest BCUT2D eigenvalue weighted by atomic mass is 16.3. The third kappa shape index (κ3) is 1.58. The number of allylic oxidation sites excluding steroid dienone is 1. The zero-order chi connectivity index (χ0) is 15.4. The summed E-state index contributed by atoms with van der Waals surface area (Å²) in [5, 5.41) is 11.7. The maximum absolute atomic E-state index is 11.7. The fraction of sp³-hybridized carbons (Fsp3) is 0.158. The van der Waals surface area contributed by atoms with E-state index >= 15 is 0 Å². The van der Waals surface area contributed by atoms with Crippen molar-refractivity contribution in [2.24, 2.45) is 0 Å². The van der Waals surface area contributed by atoms with E-state index in [4.69, 9.17) is 0 Å². The number of aliphatic hydroxyl groups is 1. The number of nitrogens with zero attached hydrogens (tertiary/aromatic N) is 3. The minimum atomic E-state index is -1.12. The van der Waals surface area contributed by atoms with E-state index in [1.807, 2.05) is 36.5 Å². The summed E-state index contributed by atoms with van der Waals surface area (Å²) in [4.78, 5) is 8.53. The average Bonchev–Trinajstić information content (AvgIpc) is 3.15. The summed E-state index contributed by atoms with van der Waals surface area (Å²) in [6, 6.07) is 9.97. The molecule has 3 aromatic rings. The van der Waals surface area contributed by atoms with Crippen LogP contribution in [0, 0.1) is 0 Å². The molecule has 0 unspecified atom stereocenters. The lowest BCUT2D eigenvalue weighted by Crippen LogP contribution is -2.36. The Kier molecular flexibility index (Phi) is 2.44. The van der Waals surface area contributed by atoms with Crippen molar-refractivity contribution in [2.75, 3.05) is 0 Å². The van der Waals surface area contributed by atoms with Crippen LogP contribution in [0.5, 0.6) is 0 Å². The zero-order valence-electron chi connectivity index (χ0n) is 12.4. The van der Waals surface area contributed by atoms with Gasteiger partial charge >= 0.3 is 0 Å². The van der Waals surface area contributed by atoms with Gasteiger partial charge in [0.2, 0.25) is 0 Å². The average molecular weight is 301 g/mol. The number of rotatable bonds is 1. The second-order valence-corrected chi connectivity index (χ2v) is 6.14. The third-order valence-corrected chi connectivity index (χ3v) is 4.94. The van der Waals surface area contributed by atoms with Gasteiger partial charge in [0, 0.05) is 23.5 Å². The molecule has 23 heavy (non-hydrogen) atoms. The molecule has 1 aromatic carbocycles. The number of fused-ring (bicyclic) bond motifs is 4. The number of aromatic nitrogens is 3. The Labute approximate surface area is 133 Å². The van der Waals surface area contributed by atoms with Gasteiger partial charge in [0.05, 0.1) is 24.3 Å². The van der Waals surface area contributed by atoms with Crippen molar-refractivity contribution in [3.05, 3.63) is 84.1 Å². The SMILES string of the molecule is O[C@@]1([C@H]2c3ccccc3-c3cncn32)C=CCc2ccncc21. The van der Waals surface area contributed by atoms with Crippen LogP contribution in [-0.4, -0.2) is 19.6 Å². The van der Waals surface area contributed by atoms with E-state index in [2.05, 4.69) is 26.7 Å². The van der Waals surface area contributed by atoms with E-state index in [0.717, 1.165) is 34.4 Å². The van der Waals surface area contributed by atoms with Crippen molar-refractivity contribution in [2.45, 2.75) is 18.1 Å². The summed E-state index contributed by atoms with van der Waals surface area (Å²) in [6.45, 7) is 0. The van der Waals surface area contributed by atoms with E-state index in [9.17, 15) is 5.11 Å². The van der Waals surface area contributed by atoms with Crippen molar-refractivity contribution in [3.8, 4) is 11.3 Å². The van der Waals surface area contributed by atoms with Crippen molar-refractivity contribution in [1.82, 2.24) is 14.5 Å². The van der Waals surface area contributed by atoms with Gasteiger partial charge < -0.3 is 9.67 Å². The maximum atomic E-state index is 11.7. The van der Waals surface area contributed by atoms with Gasteiger partial charge in [-0.15, -0.1) is 0 Å². The molecule has 4 heteroatoms. The molecule has 0 fully saturated rings. The van der Waals surface area contributed by atoms with Gasteiger partial charge in [-0.25, -0.2) is 4.98 Å². The normalized spacial score (nSPS) is 24.1. The molecule has 4 nitrogen and oxygen atoms in total. The van der Waals surface area contributed by atoms with E-state index in [1.165, 1.54) is 0 Å². The zero-order valence-corrected chi connectivity index (χ0v) is 12.4. The van der Waals surface area contributed by atoms with Crippen LogP contribution in [-0.2, 0) is 12.0 Å². The summed E-state index contributed by atoms with van der Waals surface area (Å²) in [5.41, 5.74) is 4.18. The van der Waals surface area contributed by atoms with Crippen molar-refractivity contribution in [3.63, 3.8) is 0 Å². The standard InChI is InChI=1S/C19H15N3O/c23-19(8-3-4-13-7-9-20-10-16(13)19)18-15-6-2-1-5-14(15)17-11-21-12-22(17)18/h1-3,5-12,18,23H,4H2/t18-,19+/m1/s1. The van der Waals surface area contributed by atoms with E-state index in [1.54, 1.807) is 18.7 Å². The molecule has 2 atom stereocenters. The number of imidazole rings is 1. The number of hydrogen-bond donors (Lipinski definition) is 1. The van der Waals surface area contributed by atoms with E-state index < -0.39 is 5.60 Å². The van der Waals surface area contributed by atoms with E-state index in [0.29, 0.717) is 0 Å². The monoisotopic (exact) mass is 301 g/mol. The summed E-state index contributed by atoms with van der Waals surface area (Å²) in [7, 11) is 0. The van der Waals surface area contributed by atoms with Gasteiger partial charge in [-0.1, -0.05) is 30.3 Å². The number of pyridine rings is 1. The molecule has 0 saturated heterocycles. The minimum Gasteiger partial charge on any atom is -0.378 e. The second-order valence-electron chi connectivity index (χ2n) is 6.14. The van der Waals surface area contributed by atoms with Crippen LogP contribution in [0.3, 0.4) is 0 Å². The predicted octanol–water partition coefficient (Wildman–Crippen LogP) is 2.85. The Hall–Kier alpha value is -2.72. The predicted molar refractivity (Wildman–Crippen MR) is 86.8 cm³/mol. The van der Waals surface area contributed by atoms with Gasteiger partial charge in [-0.2, -0.15) is 0 Å². The summed E-state index contributed by atoms with van der Waals surface area (Å²) >= 11 is 0. The van der Waals surface area contributed by atoms with Gasteiger partial charge in [-0.05, 0) is 29.7 Å². The highest BCUT2D eigenvalue weighted by Gasteiger charge is 2.45. The molecule has 0 saturated carbocycles. The van der Waals surface area contributed by atoms with Crippen molar-refractivity contribution < 1.29 is 5.11 Å². The largest absolute Gasteiger partial charge is 0.378 e. The molecule has 2 aromatic heterocycles. The molecular formula is C19H15N3O. The van der Waals surface area contributed by atoms with Crippen LogP contribution >= 0.6 is 0 Å². The Morgan fingerprint density at radius 3 is 3.00 bits per heavy atom. The first-order valence-electron chi connectivity index (χ1n) is 7.73. The lowest BCUT2D eigenvalue weighted by molar-refractivity contribution is 0.0462. The van der Waals surface area contributed by atoms with Gasteiger partial charge in [0.15, 0.2) is 0 Å². The fourth-order valence-electron chi connectivity index (χ4n) is 3.94. The van der Waals surface area contributed by atoms with Gasteiger partial charge in [0.25, 0.3) is 0 Å². The Morgan fingerprint density at radius 1 is 1.13 bits per heavy atom. The summed E-state index contributed by atoms with van der Waals surface area (Å²) in [6.07, 6.45) is 12.0. The molecule has 0 bridgehead atoms. The van der Waals surface area contributed by atoms with Crippen molar-refractivity contribution in [1.29, 1.82) is 0 Å². The molecule has 5 rings (SSSR count). The van der Waals surface area contributed by atoms with Crippen LogP contribution in [0.1, 0.15) is 22.7 Å². The fourth-order valence-corrected chi connectivity index (χ4v) is 3.94. The number of hydrogen-bond acceptors (Lipinski definition) is 3. The molecular weight excluding hydrogens is 286 g/mol. The Morgan fingerprint density at radius 2 is 2.04 bits per heavy atom. The quantitative estimate of drug-likeness (QED) is 0.703. The first kappa shape index (κ1) is 12.8. The van der Waals surface area contributed by atoms with Crippen LogP contribution in [0.15, 0.2) is 67.4 Å². The molecule has 0 spiro atoms. The third-order valence-electron chi connectivity index (χ3n) is 4.94.